The third kappa shape index (κ3) is 8.62. The normalized spacial score (nSPS) is 17.6. The van der Waals surface area contributed by atoms with Gasteiger partial charge in [-0.1, -0.05) is 110 Å². The highest BCUT2D eigenvalue weighted by molar-refractivity contribution is 9.09. The number of carbonyl (C=O) groups excluding carboxylic acids is 1. The lowest BCUT2D eigenvalue weighted by Gasteiger charge is -2.26. The van der Waals surface area contributed by atoms with Crippen molar-refractivity contribution in [2.75, 3.05) is 13.2 Å². The monoisotopic (exact) mass is 545 g/mol. The Labute approximate surface area is 218 Å². The minimum Gasteiger partial charge on any atom is -0.446 e. The van der Waals surface area contributed by atoms with Gasteiger partial charge in [0.05, 0.1) is 23.6 Å². The Bertz CT molecular complexity index is 891. The zero-order valence-electron chi connectivity index (χ0n) is 21.1. The maximum absolute atomic E-state index is 12.0. The highest BCUT2D eigenvalue weighted by atomic mass is 79.9. The first kappa shape index (κ1) is 27.7. The lowest BCUT2D eigenvalue weighted by atomic mass is 9.96. The Morgan fingerprint density at radius 1 is 0.971 bits per heavy atom. The van der Waals surface area contributed by atoms with E-state index >= 15 is 0 Å². The number of hydrogen-bond acceptors (Lipinski definition) is 4. The van der Waals surface area contributed by atoms with Crippen molar-refractivity contribution in [2.45, 2.75) is 82.2 Å². The van der Waals surface area contributed by atoms with E-state index in [4.69, 9.17) is 9.57 Å². The van der Waals surface area contributed by atoms with Crippen LogP contribution < -0.4 is 0 Å². The van der Waals surface area contributed by atoms with Crippen LogP contribution in [0.1, 0.15) is 75.2 Å². The van der Waals surface area contributed by atoms with Crippen LogP contribution in [0.2, 0.25) is 0 Å². The van der Waals surface area contributed by atoms with E-state index in [1.807, 2.05) is 32.0 Å². The Morgan fingerprint density at radius 2 is 1.60 bits per heavy atom. The number of aliphatic hydroxyl groups excluding tert-OH is 1. The summed E-state index contributed by atoms with van der Waals surface area (Å²) >= 11 is 3.58. The summed E-state index contributed by atoms with van der Waals surface area (Å²) in [7, 11) is 0. The summed E-state index contributed by atoms with van der Waals surface area (Å²) in [6.45, 7) is 4.58. The van der Waals surface area contributed by atoms with E-state index in [1.165, 1.54) is 54.7 Å². The number of hydrogen-bond donors (Lipinski definition) is 1. The smallest absolute Gasteiger partial charge is 0.434 e. The maximum atomic E-state index is 12.0. The van der Waals surface area contributed by atoms with Crippen molar-refractivity contribution < 1.29 is 19.5 Å². The summed E-state index contributed by atoms with van der Waals surface area (Å²) in [5, 5.41) is 12.3. The van der Waals surface area contributed by atoms with Crippen molar-refractivity contribution in [3.63, 3.8) is 0 Å². The average molecular weight is 547 g/mol. The van der Waals surface area contributed by atoms with Gasteiger partial charge in [-0.3, -0.25) is 4.84 Å². The molecule has 0 spiro atoms. The zero-order chi connectivity index (χ0) is 25.0. The molecule has 1 saturated heterocycles. The molecule has 1 aliphatic rings. The third-order valence-corrected chi connectivity index (χ3v) is 7.49. The first-order chi connectivity index (χ1) is 17.0. The fraction of sp³-hybridized carbons (Fsp3) is 0.552. The van der Waals surface area contributed by atoms with E-state index in [-0.39, 0.29) is 23.4 Å². The second-order valence-electron chi connectivity index (χ2n) is 9.78. The molecule has 3 rings (SSSR count). The van der Waals surface area contributed by atoms with Crippen LogP contribution in [-0.2, 0) is 22.4 Å². The topological polar surface area (TPSA) is 59.0 Å². The van der Waals surface area contributed by atoms with Gasteiger partial charge in [0.15, 0.2) is 0 Å². The van der Waals surface area contributed by atoms with Crippen molar-refractivity contribution >= 4 is 22.0 Å². The van der Waals surface area contributed by atoms with Gasteiger partial charge in [0.1, 0.15) is 6.61 Å². The number of alkyl halides is 1. The molecule has 0 saturated carbocycles. The minimum absolute atomic E-state index is 0.107. The number of halogens is 1. The van der Waals surface area contributed by atoms with Gasteiger partial charge in [0, 0.05) is 0 Å². The lowest BCUT2D eigenvalue weighted by Crippen LogP contribution is -2.39. The molecule has 0 bridgehead atoms. The van der Waals surface area contributed by atoms with Crippen LogP contribution in [0.25, 0.3) is 0 Å². The van der Waals surface area contributed by atoms with E-state index in [0.717, 1.165) is 18.4 Å². The van der Waals surface area contributed by atoms with E-state index in [1.54, 1.807) is 0 Å². The SMILES string of the molecule is CC(C)[C@H]1COC(=O)N1OC[C@@H](Br)[C@H](O)c1ccccc1CCCCCCCCc1ccccc1. The molecule has 1 N–H and O–H groups in total. The standard InChI is InChI=1S/C29H40BrNO4/c1-22(2)27-21-34-29(33)31(27)35-20-26(30)28(32)25-19-13-12-18-24(25)17-11-6-4-3-5-8-14-23-15-9-7-10-16-23/h7,9-10,12-13,15-16,18-19,22,26-28,32H,3-6,8,11,14,17,20-21H2,1-2H3/t26-,27-,28-/m1/s1. The van der Waals surface area contributed by atoms with Gasteiger partial charge < -0.3 is 9.84 Å². The van der Waals surface area contributed by atoms with Gasteiger partial charge in [0.25, 0.3) is 0 Å². The summed E-state index contributed by atoms with van der Waals surface area (Å²) in [6.07, 6.45) is 8.29. The van der Waals surface area contributed by atoms with E-state index in [2.05, 4.69) is 52.3 Å². The van der Waals surface area contributed by atoms with Gasteiger partial charge in [-0.2, -0.15) is 5.06 Å². The predicted molar refractivity (Wildman–Crippen MR) is 143 cm³/mol. The van der Waals surface area contributed by atoms with Crippen LogP contribution in [0, 0.1) is 5.92 Å². The molecule has 0 aromatic heterocycles. The third-order valence-electron chi connectivity index (χ3n) is 6.72. The second-order valence-corrected chi connectivity index (χ2v) is 11.0. The number of amides is 1. The van der Waals surface area contributed by atoms with Gasteiger partial charge in [0.2, 0.25) is 0 Å². The summed E-state index contributed by atoms with van der Waals surface area (Å²) < 4.78 is 5.13. The predicted octanol–water partition coefficient (Wildman–Crippen LogP) is 7.02. The molecule has 2 aromatic rings. The van der Waals surface area contributed by atoms with Gasteiger partial charge in [-0.15, -0.1) is 0 Å². The summed E-state index contributed by atoms with van der Waals surface area (Å²) in [4.78, 5) is 17.4. The van der Waals surface area contributed by atoms with Crippen LogP contribution in [0.3, 0.4) is 0 Å². The number of unbranched alkanes of at least 4 members (excludes halogenated alkanes) is 5. The molecule has 1 heterocycles. The van der Waals surface area contributed by atoms with E-state index < -0.39 is 12.2 Å². The molecule has 1 aliphatic heterocycles. The minimum atomic E-state index is -0.722. The highest BCUT2D eigenvalue weighted by Gasteiger charge is 2.37. The molecule has 0 aliphatic carbocycles. The van der Waals surface area contributed by atoms with Crippen molar-refractivity contribution in [1.82, 2.24) is 5.06 Å². The summed E-state index contributed by atoms with van der Waals surface area (Å²) in [5.41, 5.74) is 3.53. The highest BCUT2D eigenvalue weighted by Crippen LogP contribution is 2.28. The number of aryl methyl sites for hydroxylation is 2. The molecule has 6 heteroatoms. The number of ether oxygens (including phenoxy) is 1. The fourth-order valence-electron chi connectivity index (χ4n) is 4.52. The largest absolute Gasteiger partial charge is 0.446 e. The molecule has 1 fully saturated rings. The van der Waals surface area contributed by atoms with Crippen LogP contribution in [0.15, 0.2) is 54.6 Å². The number of nitrogens with zero attached hydrogens (tertiary/aromatic N) is 1. The van der Waals surface area contributed by atoms with Gasteiger partial charge >= 0.3 is 6.09 Å². The average Bonchev–Trinajstić information content (AvgIpc) is 3.25. The van der Waals surface area contributed by atoms with Crippen LogP contribution >= 0.6 is 15.9 Å². The van der Waals surface area contributed by atoms with Crippen molar-refractivity contribution in [2.24, 2.45) is 5.92 Å². The molecule has 3 atom stereocenters. The van der Waals surface area contributed by atoms with E-state index in [0.29, 0.717) is 6.61 Å². The Kier molecular flexibility index (Phi) is 11.6. The van der Waals surface area contributed by atoms with Gasteiger partial charge in [-0.25, -0.2) is 4.79 Å². The lowest BCUT2D eigenvalue weighted by molar-refractivity contribution is -0.142. The second kappa shape index (κ2) is 14.6. The van der Waals surface area contributed by atoms with Crippen molar-refractivity contribution in [1.29, 1.82) is 0 Å². The quantitative estimate of drug-likeness (QED) is 0.193. The molecule has 0 radical (unpaired) electrons. The van der Waals surface area contributed by atoms with Crippen molar-refractivity contribution in [3.05, 3.63) is 71.3 Å². The Balaban J connectivity index is 1.38. The molecule has 35 heavy (non-hydrogen) atoms. The number of carbonyl (C=O) groups is 1. The Hall–Kier alpha value is -1.89. The number of hydroxylamine groups is 2. The number of benzene rings is 2. The molecule has 192 valence electrons. The number of rotatable bonds is 15. The number of aliphatic hydroxyl groups is 1. The summed E-state index contributed by atoms with van der Waals surface area (Å²) in [5.74, 6) is 0.227. The Morgan fingerprint density at radius 3 is 2.31 bits per heavy atom. The summed E-state index contributed by atoms with van der Waals surface area (Å²) in [6, 6.07) is 18.7. The van der Waals surface area contributed by atoms with Gasteiger partial charge in [-0.05, 0) is 48.3 Å². The first-order valence-electron chi connectivity index (χ1n) is 13.0. The molecule has 5 nitrogen and oxygen atoms in total. The fourth-order valence-corrected chi connectivity index (χ4v) is 4.92. The van der Waals surface area contributed by atoms with Crippen LogP contribution in [0.5, 0.6) is 0 Å². The van der Waals surface area contributed by atoms with E-state index in [9.17, 15) is 9.90 Å². The number of cyclic esters (lactones) is 1. The first-order valence-corrected chi connectivity index (χ1v) is 13.9. The van der Waals surface area contributed by atoms with Crippen LogP contribution in [-0.4, -0.2) is 40.3 Å². The van der Waals surface area contributed by atoms with Crippen molar-refractivity contribution in [3.8, 4) is 0 Å². The molecular formula is C29H40BrNO4. The molecule has 2 aromatic carbocycles. The molecule has 0 unspecified atom stereocenters. The molecule has 1 amide bonds. The maximum Gasteiger partial charge on any atom is 0.434 e. The van der Waals surface area contributed by atoms with Crippen LogP contribution in [0.4, 0.5) is 4.79 Å². The molecular weight excluding hydrogens is 506 g/mol. The zero-order valence-corrected chi connectivity index (χ0v) is 22.7.